The molecule has 3 unspecified atom stereocenters. The first kappa shape index (κ1) is 36.4. The van der Waals surface area contributed by atoms with Crippen molar-refractivity contribution in [3.8, 4) is 0 Å². The summed E-state index contributed by atoms with van der Waals surface area (Å²) < 4.78 is 5.88. The molecule has 1 fully saturated rings. The lowest BCUT2D eigenvalue weighted by Crippen LogP contribution is -2.47. The molecule has 0 aliphatic carbocycles. The first-order valence-electron chi connectivity index (χ1n) is 16.4. The molecular formula is C33H63N3O4. The molecule has 1 saturated heterocycles. The third-order valence-corrected chi connectivity index (χ3v) is 8.79. The minimum absolute atomic E-state index is 0.00706. The predicted molar refractivity (Wildman–Crippen MR) is 165 cm³/mol. The maximum atomic E-state index is 13.6. The molecule has 1 aliphatic rings. The highest BCUT2D eigenvalue weighted by Gasteiger charge is 2.46. The van der Waals surface area contributed by atoms with Gasteiger partial charge in [0.2, 0.25) is 11.8 Å². The van der Waals surface area contributed by atoms with Gasteiger partial charge in [0.25, 0.3) is 0 Å². The second-order valence-corrected chi connectivity index (χ2v) is 13.1. The Labute approximate surface area is 246 Å². The van der Waals surface area contributed by atoms with Crippen molar-refractivity contribution < 1.29 is 19.1 Å². The van der Waals surface area contributed by atoms with E-state index in [0.717, 1.165) is 38.8 Å². The van der Waals surface area contributed by atoms with Crippen LogP contribution in [0, 0.1) is 10.8 Å². The van der Waals surface area contributed by atoms with Crippen molar-refractivity contribution in [1.82, 2.24) is 15.1 Å². The van der Waals surface area contributed by atoms with Gasteiger partial charge >= 0.3 is 5.97 Å². The molecule has 3 atom stereocenters. The topological polar surface area (TPSA) is 78.9 Å². The number of ether oxygens (including phenoxy) is 1. The largest absolute Gasteiger partial charge is 0.465 e. The molecule has 1 heterocycles. The molecular weight excluding hydrogens is 502 g/mol. The quantitative estimate of drug-likeness (QED) is 0.110. The Balaban J connectivity index is 2.73. The van der Waals surface area contributed by atoms with E-state index in [1.165, 1.54) is 51.4 Å². The molecule has 1 rings (SSSR count). The van der Waals surface area contributed by atoms with Crippen molar-refractivity contribution in [1.29, 1.82) is 0 Å². The van der Waals surface area contributed by atoms with Gasteiger partial charge in [-0.25, -0.2) is 0 Å². The second-order valence-electron chi connectivity index (χ2n) is 13.1. The van der Waals surface area contributed by atoms with Crippen molar-refractivity contribution in [3.63, 3.8) is 0 Å². The minimum atomic E-state index is -0.855. The number of rotatable bonds is 23. The molecule has 234 valence electrons. The molecule has 0 aromatic heterocycles. The third-order valence-electron chi connectivity index (χ3n) is 8.79. The first-order chi connectivity index (χ1) is 19.0. The SMILES string of the molecule is CCCCCCCCCCCCOC(=O)C(C)(CC(C)N1CCCC1=O)CC(C)(CC)C(=O)NCCCN(C)C. The molecule has 0 radical (unpaired) electrons. The van der Waals surface area contributed by atoms with E-state index in [1.807, 2.05) is 46.7 Å². The zero-order valence-corrected chi connectivity index (χ0v) is 27.2. The maximum Gasteiger partial charge on any atom is 0.311 e. The summed E-state index contributed by atoms with van der Waals surface area (Å²) in [6, 6.07) is -0.0749. The monoisotopic (exact) mass is 565 g/mol. The van der Waals surface area contributed by atoms with Gasteiger partial charge in [-0.1, -0.05) is 78.6 Å². The van der Waals surface area contributed by atoms with Gasteiger partial charge in [-0.2, -0.15) is 0 Å². The van der Waals surface area contributed by atoms with Crippen LogP contribution in [0.5, 0.6) is 0 Å². The van der Waals surface area contributed by atoms with E-state index in [-0.39, 0.29) is 23.8 Å². The van der Waals surface area contributed by atoms with Crippen molar-refractivity contribution in [2.24, 2.45) is 10.8 Å². The van der Waals surface area contributed by atoms with E-state index in [1.54, 1.807) is 0 Å². The Bertz CT molecular complexity index is 743. The van der Waals surface area contributed by atoms with Crippen LogP contribution in [0.3, 0.4) is 0 Å². The smallest absolute Gasteiger partial charge is 0.311 e. The van der Waals surface area contributed by atoms with Crippen molar-refractivity contribution in [3.05, 3.63) is 0 Å². The third kappa shape index (κ3) is 13.4. The first-order valence-corrected chi connectivity index (χ1v) is 16.4. The van der Waals surface area contributed by atoms with E-state index < -0.39 is 10.8 Å². The van der Waals surface area contributed by atoms with Crippen LogP contribution in [-0.2, 0) is 19.1 Å². The van der Waals surface area contributed by atoms with Crippen LogP contribution in [0.15, 0.2) is 0 Å². The van der Waals surface area contributed by atoms with Gasteiger partial charge < -0.3 is 19.9 Å². The minimum Gasteiger partial charge on any atom is -0.465 e. The van der Waals surface area contributed by atoms with Gasteiger partial charge in [0.15, 0.2) is 0 Å². The highest BCUT2D eigenvalue weighted by molar-refractivity contribution is 5.84. The van der Waals surface area contributed by atoms with Crippen LogP contribution >= 0.6 is 0 Å². The lowest BCUT2D eigenvalue weighted by Gasteiger charge is -2.39. The Morgan fingerprint density at radius 1 is 0.950 bits per heavy atom. The highest BCUT2D eigenvalue weighted by atomic mass is 16.5. The Hall–Kier alpha value is -1.63. The van der Waals surface area contributed by atoms with E-state index in [9.17, 15) is 14.4 Å². The fourth-order valence-electron chi connectivity index (χ4n) is 6.09. The normalized spacial score (nSPS) is 17.5. The number of nitrogens with one attached hydrogen (secondary N) is 1. The number of amides is 2. The van der Waals surface area contributed by atoms with Gasteiger partial charge in [-0.3, -0.25) is 14.4 Å². The highest BCUT2D eigenvalue weighted by Crippen LogP contribution is 2.42. The fraction of sp³-hybridized carbons (Fsp3) is 0.909. The average molecular weight is 566 g/mol. The molecule has 0 saturated carbocycles. The molecule has 7 nitrogen and oxygen atoms in total. The molecule has 7 heteroatoms. The molecule has 2 amide bonds. The molecule has 40 heavy (non-hydrogen) atoms. The van der Waals surface area contributed by atoms with E-state index in [4.69, 9.17) is 4.74 Å². The average Bonchev–Trinajstić information content (AvgIpc) is 3.35. The molecule has 0 aromatic carbocycles. The Kier molecular flexibility index (Phi) is 17.7. The molecule has 0 bridgehead atoms. The molecule has 1 N–H and O–H groups in total. The number of carbonyl (C=O) groups excluding carboxylic acids is 3. The van der Waals surface area contributed by atoms with E-state index in [0.29, 0.717) is 38.8 Å². The number of unbranched alkanes of at least 4 members (excludes halogenated alkanes) is 9. The summed E-state index contributed by atoms with van der Waals surface area (Å²) in [6.07, 6.45) is 16.2. The standard InChI is InChI=1S/C33H63N3O4/c1-8-10-11-12-13-14-15-16-17-18-25-40-31(39)33(5,26-28(3)36-24-19-21-29(36)37)27-32(4,9-2)30(38)34-22-20-23-35(6)7/h28H,8-27H2,1-7H3,(H,34,38). The molecule has 1 aliphatic heterocycles. The van der Waals surface area contributed by atoms with Crippen LogP contribution < -0.4 is 5.32 Å². The van der Waals surface area contributed by atoms with Crippen LogP contribution in [0.25, 0.3) is 0 Å². The van der Waals surface area contributed by atoms with Crippen molar-refractivity contribution in [2.75, 3.05) is 40.3 Å². The number of carbonyl (C=O) groups is 3. The second kappa shape index (κ2) is 19.5. The number of hydrogen-bond donors (Lipinski definition) is 1. The summed E-state index contributed by atoms with van der Waals surface area (Å²) in [7, 11) is 4.05. The lowest BCUT2D eigenvalue weighted by molar-refractivity contribution is -0.160. The number of nitrogens with zero attached hydrogens (tertiary/aromatic N) is 2. The van der Waals surface area contributed by atoms with Crippen molar-refractivity contribution >= 4 is 17.8 Å². The molecule has 0 aromatic rings. The Morgan fingerprint density at radius 2 is 1.55 bits per heavy atom. The molecule has 0 spiro atoms. The van der Waals surface area contributed by atoms with Gasteiger partial charge in [-0.05, 0) is 73.0 Å². The number of esters is 1. The Morgan fingerprint density at radius 3 is 2.08 bits per heavy atom. The summed E-state index contributed by atoms with van der Waals surface area (Å²) in [5, 5.41) is 3.11. The zero-order chi connectivity index (χ0) is 30.0. The summed E-state index contributed by atoms with van der Waals surface area (Å²) in [5.41, 5.74) is -1.55. The van der Waals surface area contributed by atoms with Crippen LogP contribution in [0.1, 0.15) is 137 Å². The van der Waals surface area contributed by atoms with Crippen molar-refractivity contribution in [2.45, 2.75) is 143 Å². The van der Waals surface area contributed by atoms with Crippen LogP contribution in [0.2, 0.25) is 0 Å². The summed E-state index contributed by atoms with van der Waals surface area (Å²) in [6.45, 7) is 12.9. The van der Waals surface area contributed by atoms with Gasteiger partial charge in [-0.15, -0.1) is 0 Å². The predicted octanol–water partition coefficient (Wildman–Crippen LogP) is 6.73. The summed E-state index contributed by atoms with van der Waals surface area (Å²) >= 11 is 0. The fourth-order valence-corrected chi connectivity index (χ4v) is 6.09. The summed E-state index contributed by atoms with van der Waals surface area (Å²) in [4.78, 5) is 43.4. The maximum absolute atomic E-state index is 13.6. The van der Waals surface area contributed by atoms with Gasteiger partial charge in [0.05, 0.1) is 12.0 Å². The van der Waals surface area contributed by atoms with Crippen LogP contribution in [-0.4, -0.2) is 74.0 Å². The van der Waals surface area contributed by atoms with Crippen LogP contribution in [0.4, 0.5) is 0 Å². The van der Waals surface area contributed by atoms with E-state index in [2.05, 4.69) is 17.1 Å². The lowest BCUT2D eigenvalue weighted by atomic mass is 9.68. The van der Waals surface area contributed by atoms with Gasteiger partial charge in [0.1, 0.15) is 0 Å². The van der Waals surface area contributed by atoms with E-state index >= 15 is 0 Å². The zero-order valence-electron chi connectivity index (χ0n) is 27.2. The summed E-state index contributed by atoms with van der Waals surface area (Å²) in [5.74, 6) is -0.0835. The number of hydrogen-bond acceptors (Lipinski definition) is 5. The number of likely N-dealkylation sites (tertiary alicyclic amines) is 1. The van der Waals surface area contributed by atoms with Gasteiger partial charge in [0, 0.05) is 31.0 Å².